The minimum Gasteiger partial charge on any atom is -0.468 e. The first kappa shape index (κ1) is 16.4. The van der Waals surface area contributed by atoms with Crippen molar-refractivity contribution in [1.29, 1.82) is 0 Å². The lowest BCUT2D eigenvalue weighted by Gasteiger charge is -2.37. The second-order valence-electron chi connectivity index (χ2n) is 6.09. The SMILES string of the molecule is COC(=O)[C@H]1C(=O)NC(N2CCN(C)CC2)=N[C@H]1c1ccccc1. The zero-order valence-electron chi connectivity index (χ0n) is 13.9. The maximum absolute atomic E-state index is 12.6. The molecule has 1 saturated heterocycles. The van der Waals surface area contributed by atoms with Crippen LogP contribution in [-0.4, -0.2) is 68.0 Å². The van der Waals surface area contributed by atoms with E-state index in [0.29, 0.717) is 5.96 Å². The second kappa shape index (κ2) is 7.00. The van der Waals surface area contributed by atoms with E-state index < -0.39 is 17.9 Å². The summed E-state index contributed by atoms with van der Waals surface area (Å²) < 4.78 is 4.82. The van der Waals surface area contributed by atoms with Gasteiger partial charge in [-0.15, -0.1) is 0 Å². The van der Waals surface area contributed by atoms with E-state index in [9.17, 15) is 9.59 Å². The highest BCUT2D eigenvalue weighted by Crippen LogP contribution is 2.30. The monoisotopic (exact) mass is 330 g/mol. The maximum Gasteiger partial charge on any atom is 0.320 e. The van der Waals surface area contributed by atoms with Gasteiger partial charge in [-0.1, -0.05) is 30.3 Å². The van der Waals surface area contributed by atoms with Gasteiger partial charge >= 0.3 is 5.97 Å². The van der Waals surface area contributed by atoms with Crippen molar-refractivity contribution in [3.8, 4) is 0 Å². The minimum atomic E-state index is -0.964. The quantitative estimate of drug-likeness (QED) is 0.621. The molecule has 1 aromatic carbocycles. The van der Waals surface area contributed by atoms with Crippen LogP contribution in [-0.2, 0) is 14.3 Å². The fourth-order valence-electron chi connectivity index (χ4n) is 3.03. The number of guanidine groups is 1. The number of rotatable bonds is 2. The molecule has 0 radical (unpaired) electrons. The van der Waals surface area contributed by atoms with Gasteiger partial charge in [0, 0.05) is 26.2 Å². The van der Waals surface area contributed by atoms with Gasteiger partial charge in [0.25, 0.3) is 0 Å². The molecule has 0 bridgehead atoms. The molecule has 1 fully saturated rings. The molecule has 1 amide bonds. The number of esters is 1. The van der Waals surface area contributed by atoms with Crippen LogP contribution in [0.5, 0.6) is 0 Å². The van der Waals surface area contributed by atoms with Crippen molar-refractivity contribution >= 4 is 17.8 Å². The standard InChI is InChI=1S/C17H22N4O3/c1-20-8-10-21(11-9-20)17-18-14(12-6-4-3-5-7-12)13(15(22)19-17)16(23)24-2/h3-7,13-14H,8-11H2,1-2H3,(H,18,19,22)/t13-,14+/m1/s1. The molecule has 3 rings (SSSR count). The lowest BCUT2D eigenvalue weighted by molar-refractivity contribution is -0.151. The highest BCUT2D eigenvalue weighted by molar-refractivity contribution is 6.08. The minimum absolute atomic E-state index is 0.361. The number of ether oxygens (including phenoxy) is 1. The summed E-state index contributed by atoms with van der Waals surface area (Å²) >= 11 is 0. The number of nitrogens with one attached hydrogen (secondary N) is 1. The van der Waals surface area contributed by atoms with Gasteiger partial charge in [-0.2, -0.15) is 0 Å². The molecule has 128 valence electrons. The second-order valence-corrected chi connectivity index (χ2v) is 6.09. The summed E-state index contributed by atoms with van der Waals surface area (Å²) in [6.07, 6.45) is 0. The smallest absolute Gasteiger partial charge is 0.320 e. The number of likely N-dealkylation sites (N-methyl/N-ethyl adjacent to an activating group) is 1. The molecule has 0 unspecified atom stereocenters. The normalized spacial score (nSPS) is 25.0. The van der Waals surface area contributed by atoms with Crippen LogP contribution in [0.4, 0.5) is 0 Å². The Labute approximate surface area is 141 Å². The van der Waals surface area contributed by atoms with Gasteiger partial charge in [-0.3, -0.25) is 14.9 Å². The number of hydrogen-bond acceptors (Lipinski definition) is 6. The van der Waals surface area contributed by atoms with E-state index >= 15 is 0 Å². The van der Waals surface area contributed by atoms with E-state index in [-0.39, 0.29) is 5.91 Å². The third-order valence-electron chi connectivity index (χ3n) is 4.49. The van der Waals surface area contributed by atoms with Gasteiger partial charge in [-0.05, 0) is 12.6 Å². The van der Waals surface area contributed by atoms with E-state index in [1.807, 2.05) is 30.3 Å². The lowest BCUT2D eigenvalue weighted by Crippen LogP contribution is -2.56. The van der Waals surface area contributed by atoms with Crippen molar-refractivity contribution in [2.24, 2.45) is 10.9 Å². The Balaban J connectivity index is 1.93. The molecule has 2 heterocycles. The Morgan fingerprint density at radius 1 is 1.21 bits per heavy atom. The van der Waals surface area contributed by atoms with E-state index in [1.54, 1.807) is 0 Å². The molecule has 2 aliphatic rings. The van der Waals surface area contributed by atoms with Crippen LogP contribution >= 0.6 is 0 Å². The summed E-state index contributed by atoms with van der Waals surface area (Å²) in [7, 11) is 3.36. The lowest BCUT2D eigenvalue weighted by atomic mass is 9.91. The average Bonchev–Trinajstić information content (AvgIpc) is 2.62. The number of piperazine rings is 1. The van der Waals surface area contributed by atoms with Crippen LogP contribution in [0.25, 0.3) is 0 Å². The third kappa shape index (κ3) is 3.26. The van der Waals surface area contributed by atoms with Gasteiger partial charge in [0.15, 0.2) is 5.92 Å². The van der Waals surface area contributed by atoms with Crippen molar-refractivity contribution in [2.75, 3.05) is 40.3 Å². The van der Waals surface area contributed by atoms with Gasteiger partial charge < -0.3 is 14.5 Å². The molecule has 2 aliphatic heterocycles. The van der Waals surface area contributed by atoms with Crippen LogP contribution in [0.2, 0.25) is 0 Å². The van der Waals surface area contributed by atoms with E-state index in [4.69, 9.17) is 9.73 Å². The highest BCUT2D eigenvalue weighted by Gasteiger charge is 2.41. The number of carbonyl (C=O) groups is 2. The molecule has 24 heavy (non-hydrogen) atoms. The summed E-state index contributed by atoms with van der Waals surface area (Å²) in [5, 5.41) is 2.78. The zero-order chi connectivity index (χ0) is 17.1. The van der Waals surface area contributed by atoms with Crippen LogP contribution in [0.1, 0.15) is 11.6 Å². The summed E-state index contributed by atoms with van der Waals surface area (Å²) in [5.41, 5.74) is 0.828. The van der Waals surface area contributed by atoms with Crippen molar-refractivity contribution in [3.05, 3.63) is 35.9 Å². The number of benzene rings is 1. The van der Waals surface area contributed by atoms with Crippen molar-refractivity contribution in [1.82, 2.24) is 15.1 Å². The Hall–Kier alpha value is -2.41. The number of methoxy groups -OCH3 is 1. The maximum atomic E-state index is 12.6. The van der Waals surface area contributed by atoms with Crippen molar-refractivity contribution in [2.45, 2.75) is 6.04 Å². The Morgan fingerprint density at radius 2 is 1.88 bits per heavy atom. The largest absolute Gasteiger partial charge is 0.468 e. The van der Waals surface area contributed by atoms with Crippen molar-refractivity contribution < 1.29 is 14.3 Å². The number of hydrogen-bond donors (Lipinski definition) is 1. The zero-order valence-corrected chi connectivity index (χ0v) is 13.9. The number of amides is 1. The average molecular weight is 330 g/mol. The Bertz CT molecular complexity index is 638. The molecule has 1 N–H and O–H groups in total. The third-order valence-corrected chi connectivity index (χ3v) is 4.49. The van der Waals surface area contributed by atoms with Crippen LogP contribution in [0, 0.1) is 5.92 Å². The highest BCUT2D eigenvalue weighted by atomic mass is 16.5. The summed E-state index contributed by atoms with van der Waals surface area (Å²) in [5.74, 6) is -1.35. The molecule has 0 saturated carbocycles. The van der Waals surface area contributed by atoms with Gasteiger partial charge in [-0.25, -0.2) is 4.99 Å². The Morgan fingerprint density at radius 3 is 2.50 bits per heavy atom. The van der Waals surface area contributed by atoms with E-state index in [1.165, 1.54) is 7.11 Å². The first-order valence-corrected chi connectivity index (χ1v) is 8.05. The molecule has 0 aromatic heterocycles. The van der Waals surface area contributed by atoms with Crippen molar-refractivity contribution in [3.63, 3.8) is 0 Å². The first-order valence-electron chi connectivity index (χ1n) is 8.05. The Kier molecular flexibility index (Phi) is 4.80. The molecule has 2 atom stereocenters. The first-order chi connectivity index (χ1) is 11.6. The number of nitrogens with zero attached hydrogens (tertiary/aromatic N) is 3. The molecule has 0 spiro atoms. The van der Waals surface area contributed by atoms with Gasteiger partial charge in [0.2, 0.25) is 11.9 Å². The molecule has 7 heteroatoms. The predicted octanol–water partition coefficient (Wildman–Crippen LogP) is 0.250. The predicted molar refractivity (Wildman–Crippen MR) is 89.3 cm³/mol. The molecule has 1 aromatic rings. The number of aliphatic imine (C=N–C) groups is 1. The molecule has 7 nitrogen and oxygen atoms in total. The molecular weight excluding hydrogens is 308 g/mol. The summed E-state index contributed by atoms with van der Waals surface area (Å²) in [6.45, 7) is 3.40. The van der Waals surface area contributed by atoms with E-state index in [2.05, 4.69) is 22.2 Å². The van der Waals surface area contributed by atoms with Gasteiger partial charge in [0.1, 0.15) is 6.04 Å². The molecular formula is C17H22N4O3. The van der Waals surface area contributed by atoms with Crippen LogP contribution in [0.15, 0.2) is 35.3 Å². The van der Waals surface area contributed by atoms with Gasteiger partial charge in [0.05, 0.1) is 7.11 Å². The fourth-order valence-corrected chi connectivity index (χ4v) is 3.03. The van der Waals surface area contributed by atoms with Crippen LogP contribution in [0.3, 0.4) is 0 Å². The summed E-state index contributed by atoms with van der Waals surface area (Å²) in [4.78, 5) is 33.7. The van der Waals surface area contributed by atoms with E-state index in [0.717, 1.165) is 31.7 Å². The number of carbonyl (C=O) groups excluding carboxylic acids is 2. The van der Waals surface area contributed by atoms with Crippen LogP contribution < -0.4 is 5.32 Å². The topological polar surface area (TPSA) is 74.2 Å². The fraction of sp³-hybridized carbons (Fsp3) is 0.471. The summed E-state index contributed by atoms with van der Waals surface area (Å²) in [6, 6.07) is 8.84. The molecule has 0 aliphatic carbocycles.